The first kappa shape index (κ1) is 13.9. The van der Waals surface area contributed by atoms with Crippen LogP contribution in [-0.4, -0.2) is 29.1 Å². The number of hydrogen-bond donors (Lipinski definition) is 1. The van der Waals surface area contributed by atoms with Crippen LogP contribution in [0.15, 0.2) is 24.3 Å². The zero-order chi connectivity index (χ0) is 14.0. The van der Waals surface area contributed by atoms with Crippen molar-refractivity contribution in [3.05, 3.63) is 35.4 Å². The van der Waals surface area contributed by atoms with E-state index in [1.54, 1.807) is 12.1 Å². The Morgan fingerprint density at radius 3 is 2.47 bits per heavy atom. The van der Waals surface area contributed by atoms with Gasteiger partial charge in [-0.2, -0.15) is 0 Å². The lowest BCUT2D eigenvalue weighted by atomic mass is 9.99. The SMILES string of the molecule is C[C@@H]1CN(Cc2ccc(C(F)F)cc2)C[C@H]1C(=O)O. The summed E-state index contributed by atoms with van der Waals surface area (Å²) in [6, 6.07) is 6.21. The normalized spacial score (nSPS) is 24.0. The number of nitrogens with zero attached hydrogens (tertiary/aromatic N) is 1. The van der Waals surface area contributed by atoms with Crippen molar-refractivity contribution in [2.24, 2.45) is 11.8 Å². The molecular formula is C14H17F2NO2. The standard InChI is InChI=1S/C14H17F2NO2/c1-9-6-17(8-12(9)14(18)19)7-10-2-4-11(5-3-10)13(15)16/h2-5,9,12-13H,6-8H2,1H3,(H,18,19)/t9-,12-/m1/s1. The number of rotatable bonds is 4. The Balaban J connectivity index is 1.97. The van der Waals surface area contributed by atoms with Gasteiger partial charge in [0, 0.05) is 25.2 Å². The van der Waals surface area contributed by atoms with E-state index in [2.05, 4.69) is 4.90 Å². The molecule has 2 atom stereocenters. The fraction of sp³-hybridized carbons (Fsp3) is 0.500. The molecule has 1 heterocycles. The number of carboxylic acid groups (broad SMARTS) is 1. The lowest BCUT2D eigenvalue weighted by Crippen LogP contribution is -2.23. The van der Waals surface area contributed by atoms with Crippen molar-refractivity contribution < 1.29 is 18.7 Å². The molecule has 5 heteroatoms. The predicted molar refractivity (Wildman–Crippen MR) is 67.0 cm³/mol. The average molecular weight is 269 g/mol. The van der Waals surface area contributed by atoms with Crippen molar-refractivity contribution in [1.29, 1.82) is 0 Å². The van der Waals surface area contributed by atoms with E-state index in [-0.39, 0.29) is 17.4 Å². The molecule has 1 saturated heterocycles. The predicted octanol–water partition coefficient (Wildman–Crippen LogP) is 2.78. The third kappa shape index (κ3) is 3.29. The quantitative estimate of drug-likeness (QED) is 0.913. The van der Waals surface area contributed by atoms with Crippen molar-refractivity contribution in [2.45, 2.75) is 19.9 Å². The first-order valence-electron chi connectivity index (χ1n) is 6.29. The Morgan fingerprint density at radius 1 is 1.37 bits per heavy atom. The molecule has 1 aromatic rings. The molecule has 3 nitrogen and oxygen atoms in total. The molecule has 19 heavy (non-hydrogen) atoms. The third-order valence-electron chi connectivity index (χ3n) is 3.64. The second-order valence-corrected chi connectivity index (χ2v) is 5.16. The van der Waals surface area contributed by atoms with Crippen molar-refractivity contribution in [1.82, 2.24) is 4.90 Å². The highest BCUT2D eigenvalue weighted by Gasteiger charge is 2.34. The van der Waals surface area contributed by atoms with Gasteiger partial charge in [-0.1, -0.05) is 31.2 Å². The number of carbonyl (C=O) groups is 1. The van der Waals surface area contributed by atoms with E-state index in [1.165, 1.54) is 12.1 Å². The molecule has 1 fully saturated rings. The van der Waals surface area contributed by atoms with Gasteiger partial charge in [-0.3, -0.25) is 9.69 Å². The van der Waals surface area contributed by atoms with Gasteiger partial charge >= 0.3 is 5.97 Å². The third-order valence-corrected chi connectivity index (χ3v) is 3.64. The number of aliphatic carboxylic acids is 1. The molecule has 1 aromatic carbocycles. The Bertz CT molecular complexity index is 447. The summed E-state index contributed by atoms with van der Waals surface area (Å²) in [6.45, 7) is 3.79. The van der Waals surface area contributed by atoms with Gasteiger partial charge in [0.1, 0.15) is 0 Å². The fourth-order valence-electron chi connectivity index (χ4n) is 2.54. The summed E-state index contributed by atoms with van der Waals surface area (Å²) in [5.74, 6) is -0.971. The topological polar surface area (TPSA) is 40.5 Å². The van der Waals surface area contributed by atoms with Gasteiger partial charge in [-0.15, -0.1) is 0 Å². The number of benzene rings is 1. The largest absolute Gasteiger partial charge is 0.481 e. The van der Waals surface area contributed by atoms with Crippen LogP contribution >= 0.6 is 0 Å². The molecule has 0 radical (unpaired) electrons. The summed E-state index contributed by atoms with van der Waals surface area (Å²) >= 11 is 0. The van der Waals surface area contributed by atoms with Gasteiger partial charge in [-0.05, 0) is 11.5 Å². The van der Waals surface area contributed by atoms with Crippen molar-refractivity contribution in [3.63, 3.8) is 0 Å². The smallest absolute Gasteiger partial charge is 0.308 e. The van der Waals surface area contributed by atoms with Crippen molar-refractivity contribution >= 4 is 5.97 Å². The zero-order valence-corrected chi connectivity index (χ0v) is 10.7. The first-order chi connectivity index (χ1) is 8.97. The molecule has 0 unspecified atom stereocenters. The Labute approximate surface area is 110 Å². The summed E-state index contributed by atoms with van der Waals surface area (Å²) < 4.78 is 24.8. The highest BCUT2D eigenvalue weighted by Crippen LogP contribution is 2.25. The van der Waals surface area contributed by atoms with E-state index in [4.69, 9.17) is 5.11 Å². The lowest BCUT2D eigenvalue weighted by Gasteiger charge is -2.15. The summed E-state index contributed by atoms with van der Waals surface area (Å²) in [4.78, 5) is 13.1. The van der Waals surface area contributed by atoms with Crippen LogP contribution in [0.25, 0.3) is 0 Å². The molecule has 2 rings (SSSR count). The number of carboxylic acids is 1. The summed E-state index contributed by atoms with van der Waals surface area (Å²) in [7, 11) is 0. The summed E-state index contributed by atoms with van der Waals surface area (Å²) in [6.07, 6.45) is -2.45. The van der Waals surface area contributed by atoms with Crippen LogP contribution in [0.4, 0.5) is 8.78 Å². The Kier molecular flexibility index (Phi) is 4.14. The minimum Gasteiger partial charge on any atom is -0.481 e. The fourth-order valence-corrected chi connectivity index (χ4v) is 2.54. The van der Waals surface area contributed by atoms with E-state index in [1.807, 2.05) is 6.92 Å². The molecule has 0 aromatic heterocycles. The van der Waals surface area contributed by atoms with Crippen LogP contribution < -0.4 is 0 Å². The molecule has 0 aliphatic carbocycles. The van der Waals surface area contributed by atoms with Gasteiger partial charge in [-0.25, -0.2) is 8.78 Å². The van der Waals surface area contributed by atoms with Crippen LogP contribution in [-0.2, 0) is 11.3 Å². The zero-order valence-electron chi connectivity index (χ0n) is 10.7. The van der Waals surface area contributed by atoms with Gasteiger partial charge in [0.2, 0.25) is 0 Å². The van der Waals surface area contributed by atoms with E-state index in [9.17, 15) is 13.6 Å². The van der Waals surface area contributed by atoms with E-state index in [0.717, 1.165) is 12.1 Å². The molecule has 1 N–H and O–H groups in total. The van der Waals surface area contributed by atoms with Crippen LogP contribution in [0.3, 0.4) is 0 Å². The molecular weight excluding hydrogens is 252 g/mol. The number of halogens is 2. The minimum absolute atomic E-state index is 0.0157. The van der Waals surface area contributed by atoms with E-state index < -0.39 is 12.4 Å². The maximum absolute atomic E-state index is 12.4. The van der Waals surface area contributed by atoms with Crippen molar-refractivity contribution in [2.75, 3.05) is 13.1 Å². The second kappa shape index (κ2) is 5.65. The van der Waals surface area contributed by atoms with Crippen LogP contribution in [0.2, 0.25) is 0 Å². The van der Waals surface area contributed by atoms with Gasteiger partial charge in [0.25, 0.3) is 6.43 Å². The Hall–Kier alpha value is -1.49. The number of alkyl halides is 2. The van der Waals surface area contributed by atoms with Gasteiger partial charge in [0.15, 0.2) is 0 Å². The maximum Gasteiger partial charge on any atom is 0.308 e. The summed E-state index contributed by atoms with van der Waals surface area (Å²) in [5.41, 5.74) is 0.949. The van der Waals surface area contributed by atoms with Crippen LogP contribution in [0.5, 0.6) is 0 Å². The molecule has 104 valence electrons. The Morgan fingerprint density at radius 2 is 2.00 bits per heavy atom. The van der Waals surface area contributed by atoms with Crippen LogP contribution in [0, 0.1) is 11.8 Å². The highest BCUT2D eigenvalue weighted by atomic mass is 19.3. The molecule has 0 amide bonds. The summed E-state index contributed by atoms with van der Waals surface area (Å²) in [5, 5.41) is 9.05. The second-order valence-electron chi connectivity index (χ2n) is 5.16. The van der Waals surface area contributed by atoms with E-state index >= 15 is 0 Å². The monoisotopic (exact) mass is 269 g/mol. The minimum atomic E-state index is -2.45. The maximum atomic E-state index is 12.4. The number of hydrogen-bond acceptors (Lipinski definition) is 2. The molecule has 0 saturated carbocycles. The van der Waals surface area contributed by atoms with Crippen molar-refractivity contribution in [3.8, 4) is 0 Å². The molecule has 0 spiro atoms. The van der Waals surface area contributed by atoms with Gasteiger partial charge in [0.05, 0.1) is 5.92 Å². The average Bonchev–Trinajstić information content (AvgIpc) is 2.71. The molecule has 0 bridgehead atoms. The van der Waals surface area contributed by atoms with E-state index in [0.29, 0.717) is 13.1 Å². The van der Waals surface area contributed by atoms with Gasteiger partial charge < -0.3 is 5.11 Å². The molecule has 1 aliphatic rings. The first-order valence-corrected chi connectivity index (χ1v) is 6.29. The highest BCUT2D eigenvalue weighted by molar-refractivity contribution is 5.71. The number of likely N-dealkylation sites (tertiary alicyclic amines) is 1. The lowest BCUT2D eigenvalue weighted by molar-refractivity contribution is -0.142. The molecule has 1 aliphatic heterocycles. The van der Waals surface area contributed by atoms with Crippen LogP contribution in [0.1, 0.15) is 24.5 Å².